The Morgan fingerprint density at radius 1 is 1.55 bits per heavy atom. The van der Waals surface area contributed by atoms with E-state index in [9.17, 15) is 13.2 Å². The van der Waals surface area contributed by atoms with Crippen LogP contribution in [0.2, 0.25) is 0 Å². The van der Waals surface area contributed by atoms with Gasteiger partial charge in [0.15, 0.2) is 9.84 Å². The van der Waals surface area contributed by atoms with E-state index in [0.29, 0.717) is 12.2 Å². The molecule has 1 N–H and O–H groups in total. The summed E-state index contributed by atoms with van der Waals surface area (Å²) in [4.78, 5) is 18.1. The number of anilines is 1. The van der Waals surface area contributed by atoms with Gasteiger partial charge in [0.1, 0.15) is 0 Å². The quantitative estimate of drug-likeness (QED) is 0.876. The lowest BCUT2D eigenvalue weighted by Gasteiger charge is -2.31. The van der Waals surface area contributed by atoms with Crippen molar-refractivity contribution in [2.45, 2.75) is 19.4 Å². The molecule has 0 aromatic carbocycles. The van der Waals surface area contributed by atoms with Gasteiger partial charge in [0.05, 0.1) is 22.9 Å². The second-order valence-corrected chi connectivity index (χ2v) is 7.37. The molecule has 0 bridgehead atoms. The summed E-state index contributed by atoms with van der Waals surface area (Å²) in [5.41, 5.74) is 1.41. The summed E-state index contributed by atoms with van der Waals surface area (Å²) in [6.07, 6.45) is 1.83. The van der Waals surface area contributed by atoms with E-state index in [1.54, 1.807) is 18.3 Å². The van der Waals surface area contributed by atoms with Gasteiger partial charge in [-0.2, -0.15) is 0 Å². The monoisotopic (exact) mass is 297 g/mol. The maximum Gasteiger partial charge on any atom is 0.226 e. The minimum absolute atomic E-state index is 0.0446. The second-order valence-electron chi connectivity index (χ2n) is 5.14. The van der Waals surface area contributed by atoms with Crippen LogP contribution >= 0.6 is 0 Å². The van der Waals surface area contributed by atoms with Crippen LogP contribution < -0.4 is 5.32 Å². The Balaban J connectivity index is 1.99. The van der Waals surface area contributed by atoms with Crippen molar-refractivity contribution in [1.29, 1.82) is 0 Å². The average molecular weight is 297 g/mol. The van der Waals surface area contributed by atoms with E-state index >= 15 is 0 Å². The van der Waals surface area contributed by atoms with E-state index in [4.69, 9.17) is 0 Å². The van der Waals surface area contributed by atoms with E-state index in [1.165, 1.54) is 0 Å². The molecule has 0 saturated carbocycles. The zero-order chi connectivity index (χ0) is 14.8. The highest BCUT2D eigenvalue weighted by atomic mass is 32.2. The minimum Gasteiger partial charge on any atom is -0.324 e. The summed E-state index contributed by atoms with van der Waals surface area (Å²) in [5.74, 6) is 0.0294. The molecule has 1 aliphatic rings. The van der Waals surface area contributed by atoms with Gasteiger partial charge in [-0.1, -0.05) is 0 Å². The van der Waals surface area contributed by atoms with Crippen molar-refractivity contribution in [3.05, 3.63) is 24.0 Å². The Kier molecular flexibility index (Phi) is 4.39. The molecule has 0 radical (unpaired) electrons. The third-order valence-corrected chi connectivity index (χ3v) is 5.22. The van der Waals surface area contributed by atoms with E-state index in [-0.39, 0.29) is 29.9 Å². The van der Waals surface area contributed by atoms with Crippen molar-refractivity contribution in [1.82, 2.24) is 9.88 Å². The van der Waals surface area contributed by atoms with Gasteiger partial charge < -0.3 is 10.2 Å². The predicted molar refractivity (Wildman–Crippen MR) is 77.3 cm³/mol. The SMILES string of the molecule is Cc1ncccc1NC(=O)CC1CS(=O)(=O)CCN1C. The largest absolute Gasteiger partial charge is 0.324 e. The van der Waals surface area contributed by atoms with E-state index < -0.39 is 9.84 Å². The molecule has 110 valence electrons. The van der Waals surface area contributed by atoms with Gasteiger partial charge in [-0.05, 0) is 26.1 Å². The van der Waals surface area contributed by atoms with Gasteiger partial charge in [0, 0.05) is 25.2 Å². The van der Waals surface area contributed by atoms with Crippen LogP contribution in [0, 0.1) is 6.92 Å². The Morgan fingerprint density at radius 3 is 3.00 bits per heavy atom. The van der Waals surface area contributed by atoms with Crippen LogP contribution in [-0.2, 0) is 14.6 Å². The Hall–Kier alpha value is -1.47. The van der Waals surface area contributed by atoms with Crippen LogP contribution in [0.3, 0.4) is 0 Å². The van der Waals surface area contributed by atoms with E-state index in [1.807, 2.05) is 18.9 Å². The van der Waals surface area contributed by atoms with Gasteiger partial charge in [-0.3, -0.25) is 9.78 Å². The number of amides is 1. The molecule has 20 heavy (non-hydrogen) atoms. The molecular weight excluding hydrogens is 278 g/mol. The molecule has 1 amide bonds. The number of rotatable bonds is 3. The highest BCUT2D eigenvalue weighted by Gasteiger charge is 2.30. The first-order valence-corrected chi connectivity index (χ1v) is 8.32. The fourth-order valence-electron chi connectivity index (χ4n) is 2.22. The molecule has 1 aromatic heterocycles. The first-order chi connectivity index (χ1) is 9.37. The Labute approximate surface area is 119 Å². The maximum atomic E-state index is 12.0. The fourth-order valence-corrected chi connectivity index (χ4v) is 3.91. The first kappa shape index (κ1) is 14.9. The molecule has 0 aliphatic carbocycles. The van der Waals surface area contributed by atoms with Gasteiger partial charge in [-0.15, -0.1) is 0 Å². The van der Waals surface area contributed by atoms with Gasteiger partial charge in [0.2, 0.25) is 5.91 Å². The Bertz CT molecular complexity index is 601. The number of nitrogens with one attached hydrogen (secondary N) is 1. The summed E-state index contributed by atoms with van der Waals surface area (Å²) in [6.45, 7) is 2.29. The number of pyridine rings is 1. The van der Waals surface area contributed by atoms with Crippen molar-refractivity contribution in [3.63, 3.8) is 0 Å². The molecule has 1 atom stereocenters. The molecule has 1 unspecified atom stereocenters. The molecule has 2 heterocycles. The first-order valence-electron chi connectivity index (χ1n) is 6.49. The molecule has 1 aliphatic heterocycles. The molecule has 1 aromatic rings. The molecule has 7 heteroatoms. The number of hydrogen-bond donors (Lipinski definition) is 1. The molecule has 1 fully saturated rings. The maximum absolute atomic E-state index is 12.0. The van der Waals surface area contributed by atoms with Gasteiger partial charge in [0.25, 0.3) is 0 Å². The summed E-state index contributed by atoms with van der Waals surface area (Å²) in [6, 6.07) is 3.27. The summed E-state index contributed by atoms with van der Waals surface area (Å²) in [5, 5.41) is 2.78. The van der Waals surface area contributed by atoms with E-state index in [0.717, 1.165) is 5.69 Å². The second kappa shape index (κ2) is 5.88. The van der Waals surface area contributed by atoms with Crippen LogP contribution in [0.1, 0.15) is 12.1 Å². The van der Waals surface area contributed by atoms with Crippen LogP contribution in [0.4, 0.5) is 5.69 Å². The van der Waals surface area contributed by atoms with Crippen LogP contribution in [-0.4, -0.2) is 55.3 Å². The summed E-state index contributed by atoms with van der Waals surface area (Å²) < 4.78 is 23.3. The minimum atomic E-state index is -3.03. The van der Waals surface area contributed by atoms with Crippen molar-refractivity contribution >= 4 is 21.4 Å². The number of carbonyl (C=O) groups is 1. The molecule has 2 rings (SSSR count). The highest BCUT2D eigenvalue weighted by molar-refractivity contribution is 7.91. The third-order valence-electron chi connectivity index (χ3n) is 3.53. The summed E-state index contributed by atoms with van der Waals surface area (Å²) in [7, 11) is -1.18. The normalized spacial score (nSPS) is 22.4. The zero-order valence-electron chi connectivity index (χ0n) is 11.7. The molecular formula is C13H19N3O3S. The molecule has 0 spiro atoms. The number of sulfone groups is 1. The summed E-state index contributed by atoms with van der Waals surface area (Å²) >= 11 is 0. The van der Waals surface area contributed by atoms with Gasteiger partial charge >= 0.3 is 0 Å². The van der Waals surface area contributed by atoms with Crippen molar-refractivity contribution in [2.75, 3.05) is 30.4 Å². The van der Waals surface area contributed by atoms with Crippen LogP contribution in [0.15, 0.2) is 18.3 Å². The molecule has 6 nitrogen and oxygen atoms in total. The topological polar surface area (TPSA) is 79.4 Å². The smallest absolute Gasteiger partial charge is 0.226 e. The number of hydrogen-bond acceptors (Lipinski definition) is 5. The van der Waals surface area contributed by atoms with Crippen molar-refractivity contribution in [2.24, 2.45) is 0 Å². The lowest BCUT2D eigenvalue weighted by molar-refractivity contribution is -0.117. The number of aromatic nitrogens is 1. The highest BCUT2D eigenvalue weighted by Crippen LogP contribution is 2.15. The van der Waals surface area contributed by atoms with Gasteiger partial charge in [-0.25, -0.2) is 8.42 Å². The predicted octanol–water partition coefficient (Wildman–Crippen LogP) is 0.447. The fraction of sp³-hybridized carbons (Fsp3) is 0.538. The third kappa shape index (κ3) is 3.77. The lowest BCUT2D eigenvalue weighted by Crippen LogP contribution is -2.47. The average Bonchev–Trinajstić information content (AvgIpc) is 2.36. The lowest BCUT2D eigenvalue weighted by atomic mass is 10.2. The Morgan fingerprint density at radius 2 is 2.30 bits per heavy atom. The van der Waals surface area contributed by atoms with Crippen molar-refractivity contribution in [3.8, 4) is 0 Å². The van der Waals surface area contributed by atoms with Crippen LogP contribution in [0.25, 0.3) is 0 Å². The zero-order valence-corrected chi connectivity index (χ0v) is 12.5. The van der Waals surface area contributed by atoms with Crippen LogP contribution in [0.5, 0.6) is 0 Å². The van der Waals surface area contributed by atoms with E-state index in [2.05, 4.69) is 10.3 Å². The van der Waals surface area contributed by atoms with Crippen molar-refractivity contribution < 1.29 is 13.2 Å². The standard InChI is InChI=1S/C13H19N3O3S/c1-10-12(4-3-5-14-10)15-13(17)8-11-9-20(18,19)7-6-16(11)2/h3-5,11H,6-9H2,1-2H3,(H,15,17). The number of aryl methyl sites for hydroxylation is 1. The number of carbonyl (C=O) groups excluding carboxylic acids is 1. The molecule has 1 saturated heterocycles. The number of nitrogens with zero attached hydrogens (tertiary/aromatic N) is 2.